The minimum atomic E-state index is -0.504. The maximum Gasteiger partial charge on any atom is 0.354 e. The monoisotopic (exact) mass is 461 g/mol. The van der Waals surface area contributed by atoms with Crippen LogP contribution < -0.4 is 0 Å². The topological polar surface area (TPSA) is 75.4 Å². The number of rotatable bonds is 7. The highest BCUT2D eigenvalue weighted by atomic mass is 35.5. The molecule has 7 nitrogen and oxygen atoms in total. The van der Waals surface area contributed by atoms with E-state index in [0.29, 0.717) is 40.9 Å². The molecule has 4 rings (SSSR count). The summed E-state index contributed by atoms with van der Waals surface area (Å²) in [5, 5.41) is 5.34. The summed E-state index contributed by atoms with van der Waals surface area (Å²) in [7, 11) is 3.05. The molecule has 3 heterocycles. The lowest BCUT2D eigenvalue weighted by molar-refractivity contribution is -0.141. The molecule has 0 amide bonds. The van der Waals surface area contributed by atoms with Gasteiger partial charge in [-0.05, 0) is 43.4 Å². The summed E-state index contributed by atoms with van der Waals surface area (Å²) in [6.45, 7) is 2.36. The molecule has 170 valence electrons. The quantitative estimate of drug-likeness (QED) is 0.300. The fourth-order valence-electron chi connectivity index (χ4n) is 4.68. The molecule has 3 aromatic rings. The van der Waals surface area contributed by atoms with E-state index < -0.39 is 11.8 Å². The number of carbonyl (C=O) groups is 2. The zero-order valence-corrected chi connectivity index (χ0v) is 19.1. The molecule has 0 aliphatic carbocycles. The Morgan fingerprint density at radius 2 is 2.06 bits per heavy atom. The number of aromatic nitrogens is 3. The number of ether oxygens (including phenoxy) is 2. The molecule has 0 radical (unpaired) electrons. The van der Waals surface area contributed by atoms with Crippen molar-refractivity contribution in [1.29, 1.82) is 0 Å². The molecule has 1 aliphatic rings. The first-order valence-electron chi connectivity index (χ1n) is 10.5. The van der Waals surface area contributed by atoms with Crippen molar-refractivity contribution >= 4 is 34.4 Å². The van der Waals surface area contributed by atoms with Crippen molar-refractivity contribution < 1.29 is 23.5 Å². The smallest absolute Gasteiger partial charge is 0.354 e. The molecule has 0 saturated carbocycles. The second-order valence-corrected chi connectivity index (χ2v) is 8.14. The average Bonchev–Trinajstić information content (AvgIpc) is 3.43. The standard InChI is InChI=1S/C23H25ClFN3O4/c1-13(29)32-11-5-6-14-15-8-9-16(25)19(21(15)27(2)22(14)23(30)31-3)20-17(12-24)26-28-10-4-7-18(20)28/h8-9H,4-7,10-12H2,1-3H3. The van der Waals surface area contributed by atoms with Crippen molar-refractivity contribution in [1.82, 2.24) is 14.3 Å². The molecule has 1 aliphatic heterocycles. The fourth-order valence-corrected chi connectivity index (χ4v) is 4.87. The van der Waals surface area contributed by atoms with Crippen LogP contribution >= 0.6 is 11.6 Å². The van der Waals surface area contributed by atoms with E-state index in [1.165, 1.54) is 20.1 Å². The predicted octanol–water partition coefficient (Wildman–Crippen LogP) is 4.15. The van der Waals surface area contributed by atoms with Gasteiger partial charge in [0.1, 0.15) is 11.5 Å². The van der Waals surface area contributed by atoms with Crippen LogP contribution in [0.2, 0.25) is 0 Å². The zero-order valence-electron chi connectivity index (χ0n) is 18.3. The summed E-state index contributed by atoms with van der Waals surface area (Å²) in [4.78, 5) is 23.8. The number of methoxy groups -OCH3 is 1. The van der Waals surface area contributed by atoms with E-state index in [9.17, 15) is 9.59 Å². The molecule has 2 aromatic heterocycles. The highest BCUT2D eigenvalue weighted by Crippen LogP contribution is 2.41. The second kappa shape index (κ2) is 8.94. The molecule has 1 aromatic carbocycles. The Bertz CT molecular complexity index is 1210. The molecule has 0 spiro atoms. The minimum absolute atomic E-state index is 0.161. The highest BCUT2D eigenvalue weighted by Gasteiger charge is 2.30. The Balaban J connectivity index is 1.94. The van der Waals surface area contributed by atoms with Crippen LogP contribution in [0.1, 0.15) is 47.2 Å². The van der Waals surface area contributed by atoms with Gasteiger partial charge in [-0.25, -0.2) is 9.18 Å². The summed E-state index contributed by atoms with van der Waals surface area (Å²) in [6, 6.07) is 3.11. The van der Waals surface area contributed by atoms with Crippen molar-refractivity contribution in [3.63, 3.8) is 0 Å². The minimum Gasteiger partial charge on any atom is -0.466 e. The first-order valence-corrected chi connectivity index (χ1v) is 11.1. The summed E-state index contributed by atoms with van der Waals surface area (Å²) < 4.78 is 29.1. The van der Waals surface area contributed by atoms with Gasteiger partial charge in [0.2, 0.25) is 0 Å². The van der Waals surface area contributed by atoms with E-state index in [-0.39, 0.29) is 18.5 Å². The lowest BCUT2D eigenvalue weighted by Gasteiger charge is -2.10. The van der Waals surface area contributed by atoms with Crippen molar-refractivity contribution in [2.45, 2.75) is 45.0 Å². The maximum absolute atomic E-state index is 15.4. The number of alkyl halides is 1. The van der Waals surface area contributed by atoms with Gasteiger partial charge in [-0.2, -0.15) is 5.10 Å². The number of esters is 2. The third kappa shape index (κ3) is 3.66. The number of hydrogen-bond donors (Lipinski definition) is 0. The van der Waals surface area contributed by atoms with Gasteiger partial charge in [-0.3, -0.25) is 9.48 Å². The van der Waals surface area contributed by atoms with Crippen LogP contribution in [0.4, 0.5) is 4.39 Å². The maximum atomic E-state index is 15.4. The molecular formula is C23H25ClFN3O4. The van der Waals surface area contributed by atoms with Gasteiger partial charge in [-0.1, -0.05) is 0 Å². The molecule has 0 bridgehead atoms. The van der Waals surface area contributed by atoms with Crippen molar-refractivity contribution in [3.05, 3.63) is 40.6 Å². The Morgan fingerprint density at radius 3 is 2.75 bits per heavy atom. The first kappa shape index (κ1) is 22.3. The van der Waals surface area contributed by atoms with E-state index in [1.807, 2.05) is 4.68 Å². The van der Waals surface area contributed by atoms with Gasteiger partial charge < -0.3 is 14.0 Å². The Kier molecular flexibility index (Phi) is 6.24. The van der Waals surface area contributed by atoms with Crippen LogP contribution in [-0.2, 0) is 46.6 Å². The van der Waals surface area contributed by atoms with Crippen LogP contribution in [0, 0.1) is 5.82 Å². The number of nitrogens with zero attached hydrogens (tertiary/aromatic N) is 3. The van der Waals surface area contributed by atoms with E-state index in [4.69, 9.17) is 21.1 Å². The molecule has 0 fully saturated rings. The third-order valence-electron chi connectivity index (χ3n) is 5.95. The predicted molar refractivity (Wildman–Crippen MR) is 118 cm³/mol. The Hall–Kier alpha value is -2.87. The molecule has 0 unspecified atom stereocenters. The molecule has 0 atom stereocenters. The van der Waals surface area contributed by atoms with Gasteiger partial charge in [0.15, 0.2) is 0 Å². The normalized spacial score (nSPS) is 12.9. The van der Waals surface area contributed by atoms with E-state index >= 15 is 4.39 Å². The summed E-state index contributed by atoms with van der Waals surface area (Å²) >= 11 is 6.19. The van der Waals surface area contributed by atoms with Gasteiger partial charge >= 0.3 is 11.9 Å². The lowest BCUT2D eigenvalue weighted by Crippen LogP contribution is -2.11. The average molecular weight is 462 g/mol. The number of halogens is 2. The van der Waals surface area contributed by atoms with Crippen molar-refractivity contribution in [2.75, 3.05) is 13.7 Å². The molecular weight excluding hydrogens is 437 g/mol. The van der Waals surface area contributed by atoms with Gasteiger partial charge in [-0.15, -0.1) is 11.6 Å². The van der Waals surface area contributed by atoms with Crippen LogP contribution in [0.15, 0.2) is 12.1 Å². The van der Waals surface area contributed by atoms with Crippen LogP contribution in [0.3, 0.4) is 0 Å². The summed E-state index contributed by atoms with van der Waals surface area (Å²) in [5.74, 6) is -1.09. The van der Waals surface area contributed by atoms with Gasteiger partial charge in [0.05, 0.1) is 30.8 Å². The fraction of sp³-hybridized carbons (Fsp3) is 0.435. The van der Waals surface area contributed by atoms with Crippen LogP contribution in [0.5, 0.6) is 0 Å². The number of aryl methyl sites for hydroxylation is 3. The van der Waals surface area contributed by atoms with E-state index in [0.717, 1.165) is 36.0 Å². The second-order valence-electron chi connectivity index (χ2n) is 7.87. The molecule has 32 heavy (non-hydrogen) atoms. The number of benzene rings is 1. The Morgan fingerprint density at radius 1 is 1.28 bits per heavy atom. The van der Waals surface area contributed by atoms with Crippen molar-refractivity contribution in [2.24, 2.45) is 7.05 Å². The first-order chi connectivity index (χ1) is 15.4. The Labute approximate surface area is 190 Å². The third-order valence-corrected chi connectivity index (χ3v) is 6.21. The van der Waals surface area contributed by atoms with Crippen LogP contribution in [0.25, 0.3) is 22.0 Å². The largest absolute Gasteiger partial charge is 0.466 e. The number of hydrogen-bond acceptors (Lipinski definition) is 5. The summed E-state index contributed by atoms with van der Waals surface area (Å²) in [6.07, 6.45) is 2.72. The highest BCUT2D eigenvalue weighted by molar-refractivity contribution is 6.17. The van der Waals surface area contributed by atoms with E-state index in [1.54, 1.807) is 17.7 Å². The molecule has 0 N–H and O–H groups in total. The zero-order chi connectivity index (χ0) is 23.0. The summed E-state index contributed by atoms with van der Waals surface area (Å²) in [5.41, 5.74) is 4.40. The van der Waals surface area contributed by atoms with Gasteiger partial charge in [0, 0.05) is 42.7 Å². The molecule has 0 saturated heterocycles. The van der Waals surface area contributed by atoms with E-state index in [2.05, 4.69) is 5.10 Å². The van der Waals surface area contributed by atoms with Crippen molar-refractivity contribution in [3.8, 4) is 11.1 Å². The van der Waals surface area contributed by atoms with Gasteiger partial charge in [0.25, 0.3) is 0 Å². The molecule has 9 heteroatoms. The number of fused-ring (bicyclic) bond motifs is 2. The SMILES string of the molecule is COC(=O)c1c(CCCOC(C)=O)c2ccc(F)c(-c3c(CCl)nn4c3CCC4)c2n1C. The number of carbonyl (C=O) groups excluding carboxylic acids is 2. The lowest BCUT2D eigenvalue weighted by atomic mass is 9.97. The van der Waals surface area contributed by atoms with Crippen LogP contribution in [-0.4, -0.2) is 40.0 Å².